The van der Waals surface area contributed by atoms with Crippen molar-refractivity contribution in [1.29, 1.82) is 0 Å². The van der Waals surface area contributed by atoms with Crippen LogP contribution < -0.4 is 10.6 Å². The predicted octanol–water partition coefficient (Wildman–Crippen LogP) is 4.54. The van der Waals surface area contributed by atoms with Crippen molar-refractivity contribution < 1.29 is 27.5 Å². The average Bonchev–Trinajstić information content (AvgIpc) is 3.42. The molecule has 1 fully saturated rings. The highest BCUT2D eigenvalue weighted by Crippen LogP contribution is 2.36. The maximum absolute atomic E-state index is 14.2. The summed E-state index contributed by atoms with van der Waals surface area (Å²) in [4.78, 5) is 16.8. The average molecular weight is 465 g/mol. The Kier molecular flexibility index (Phi) is 6.13. The zero-order valence-electron chi connectivity index (χ0n) is 17.8. The number of aromatic hydroxyl groups is 1. The first-order valence-corrected chi connectivity index (χ1v) is 10.6. The number of benzene rings is 1. The van der Waals surface area contributed by atoms with Crippen molar-refractivity contribution in [3.8, 4) is 17.0 Å². The molecular weight excluding hydrogens is 442 g/mol. The first-order valence-electron chi connectivity index (χ1n) is 10.6. The van der Waals surface area contributed by atoms with Crippen molar-refractivity contribution in [3.05, 3.63) is 35.3 Å². The summed E-state index contributed by atoms with van der Waals surface area (Å²) in [7, 11) is 1.46. The summed E-state index contributed by atoms with van der Waals surface area (Å²) in [5.41, 5.74) is 0.0825. The van der Waals surface area contributed by atoms with E-state index >= 15 is 0 Å². The van der Waals surface area contributed by atoms with E-state index in [0.717, 1.165) is 37.8 Å². The van der Waals surface area contributed by atoms with Gasteiger partial charge in [0, 0.05) is 19.2 Å². The van der Waals surface area contributed by atoms with Crippen LogP contribution in [-0.2, 0) is 6.42 Å². The standard InChI is InChI=1S/C22H23F4N5O2/c1-27-21(33)19-18-16(30-31-19)8-15(29-20(18)28-10-11-4-2-3-5-11)13-7-14(23)17(32)6-12(13)9-22(24,25)26/h6-8,11,32H,2-5,9-10H2,1H3,(H,27,33)(H,28,29)(H,30,31). The Hall–Kier alpha value is -3.37. The van der Waals surface area contributed by atoms with Gasteiger partial charge in [-0.05, 0) is 42.5 Å². The van der Waals surface area contributed by atoms with Gasteiger partial charge in [-0.1, -0.05) is 12.8 Å². The van der Waals surface area contributed by atoms with E-state index in [9.17, 15) is 27.5 Å². The van der Waals surface area contributed by atoms with Gasteiger partial charge in [0.05, 0.1) is 23.0 Å². The smallest absolute Gasteiger partial charge is 0.393 e. The fraction of sp³-hybridized carbons (Fsp3) is 0.409. The Balaban J connectivity index is 1.85. The summed E-state index contributed by atoms with van der Waals surface area (Å²) in [5.74, 6) is -1.70. The first-order chi connectivity index (χ1) is 15.7. The molecule has 0 saturated heterocycles. The number of rotatable bonds is 6. The Morgan fingerprint density at radius 3 is 2.64 bits per heavy atom. The normalized spacial score (nSPS) is 14.7. The molecule has 4 N–H and O–H groups in total. The molecule has 0 unspecified atom stereocenters. The van der Waals surface area contributed by atoms with Crippen molar-refractivity contribution in [2.45, 2.75) is 38.3 Å². The number of alkyl halides is 3. The van der Waals surface area contributed by atoms with Crippen molar-refractivity contribution in [2.75, 3.05) is 18.9 Å². The third-order valence-electron chi connectivity index (χ3n) is 5.86. The van der Waals surface area contributed by atoms with Crippen LogP contribution >= 0.6 is 0 Å². The van der Waals surface area contributed by atoms with E-state index in [-0.39, 0.29) is 28.3 Å². The van der Waals surface area contributed by atoms with E-state index in [0.29, 0.717) is 23.4 Å². The van der Waals surface area contributed by atoms with Crippen LogP contribution in [0.5, 0.6) is 5.75 Å². The Labute approximate surface area is 186 Å². The zero-order chi connectivity index (χ0) is 23.8. The maximum atomic E-state index is 14.2. The van der Waals surface area contributed by atoms with Crippen LogP contribution in [0.2, 0.25) is 0 Å². The third kappa shape index (κ3) is 4.86. The van der Waals surface area contributed by atoms with Crippen LogP contribution in [0, 0.1) is 11.7 Å². The number of pyridine rings is 1. The molecule has 1 amide bonds. The second-order valence-corrected chi connectivity index (χ2v) is 8.21. The van der Waals surface area contributed by atoms with E-state index in [4.69, 9.17) is 0 Å². The summed E-state index contributed by atoms with van der Waals surface area (Å²) in [6, 6.07) is 3.02. The van der Waals surface area contributed by atoms with Gasteiger partial charge in [-0.2, -0.15) is 18.3 Å². The quantitative estimate of drug-likeness (QED) is 0.401. The number of anilines is 1. The number of fused-ring (bicyclic) bond motifs is 1. The molecule has 0 radical (unpaired) electrons. The number of phenolic OH excluding ortho intramolecular Hbond substituents is 1. The maximum Gasteiger partial charge on any atom is 0.393 e. The van der Waals surface area contributed by atoms with Crippen molar-refractivity contribution in [3.63, 3.8) is 0 Å². The van der Waals surface area contributed by atoms with Gasteiger partial charge in [0.25, 0.3) is 5.91 Å². The topological polar surface area (TPSA) is 103 Å². The van der Waals surface area contributed by atoms with Gasteiger partial charge in [0.1, 0.15) is 5.82 Å². The Bertz CT molecular complexity index is 1190. The molecule has 176 valence electrons. The van der Waals surface area contributed by atoms with Crippen molar-refractivity contribution in [1.82, 2.24) is 20.5 Å². The lowest BCUT2D eigenvalue weighted by Crippen LogP contribution is -2.19. The number of nitrogens with zero attached hydrogens (tertiary/aromatic N) is 2. The van der Waals surface area contributed by atoms with Crippen molar-refractivity contribution >= 4 is 22.6 Å². The molecule has 7 nitrogen and oxygen atoms in total. The highest BCUT2D eigenvalue weighted by Gasteiger charge is 2.30. The Morgan fingerprint density at radius 1 is 1.24 bits per heavy atom. The molecule has 0 aliphatic heterocycles. The van der Waals surface area contributed by atoms with E-state index < -0.39 is 30.1 Å². The molecule has 3 aromatic rings. The van der Waals surface area contributed by atoms with E-state index in [1.54, 1.807) is 0 Å². The van der Waals surface area contributed by atoms with E-state index in [1.165, 1.54) is 13.1 Å². The zero-order valence-corrected chi connectivity index (χ0v) is 17.8. The number of hydrogen-bond acceptors (Lipinski definition) is 5. The second-order valence-electron chi connectivity index (χ2n) is 8.21. The van der Waals surface area contributed by atoms with Gasteiger partial charge >= 0.3 is 6.18 Å². The highest BCUT2D eigenvalue weighted by molar-refractivity contribution is 6.09. The van der Waals surface area contributed by atoms with E-state index in [2.05, 4.69) is 25.8 Å². The van der Waals surface area contributed by atoms with Gasteiger partial charge in [-0.25, -0.2) is 9.37 Å². The molecule has 1 aliphatic rings. The van der Waals surface area contributed by atoms with Crippen LogP contribution in [-0.4, -0.2) is 46.0 Å². The SMILES string of the molecule is CNC(=O)c1n[nH]c2cc(-c3cc(F)c(O)cc3CC(F)(F)F)nc(NCC3CCCC3)c12. The number of aromatic amines is 1. The molecule has 1 saturated carbocycles. The van der Waals surface area contributed by atoms with Crippen LogP contribution in [0.4, 0.5) is 23.4 Å². The number of phenols is 1. The van der Waals surface area contributed by atoms with E-state index in [1.807, 2.05) is 0 Å². The molecule has 0 bridgehead atoms. The number of amides is 1. The summed E-state index contributed by atoms with van der Waals surface area (Å²) in [5, 5.41) is 22.5. The minimum absolute atomic E-state index is 0.0571. The molecule has 2 aromatic heterocycles. The second kappa shape index (κ2) is 8.87. The van der Waals surface area contributed by atoms with Crippen LogP contribution in [0.15, 0.2) is 18.2 Å². The highest BCUT2D eigenvalue weighted by atomic mass is 19.4. The molecule has 0 atom stereocenters. The third-order valence-corrected chi connectivity index (χ3v) is 5.86. The first kappa shape index (κ1) is 22.8. The number of halogens is 4. The molecule has 33 heavy (non-hydrogen) atoms. The summed E-state index contributed by atoms with van der Waals surface area (Å²) in [6.45, 7) is 0.573. The minimum atomic E-state index is -4.58. The monoisotopic (exact) mass is 465 g/mol. The number of nitrogens with one attached hydrogen (secondary N) is 3. The molecule has 0 spiro atoms. The largest absolute Gasteiger partial charge is 0.505 e. The van der Waals surface area contributed by atoms with Crippen LogP contribution in [0.3, 0.4) is 0 Å². The molecule has 4 rings (SSSR count). The van der Waals surface area contributed by atoms with Crippen LogP contribution in [0.1, 0.15) is 41.7 Å². The lowest BCUT2D eigenvalue weighted by Gasteiger charge is -2.16. The molecule has 1 aromatic carbocycles. The molecule has 11 heteroatoms. The van der Waals surface area contributed by atoms with Gasteiger partial charge in [-0.3, -0.25) is 9.89 Å². The minimum Gasteiger partial charge on any atom is -0.505 e. The Morgan fingerprint density at radius 2 is 1.97 bits per heavy atom. The molecule has 2 heterocycles. The number of carbonyl (C=O) groups is 1. The van der Waals surface area contributed by atoms with Gasteiger partial charge in [0.15, 0.2) is 17.3 Å². The van der Waals surface area contributed by atoms with Crippen molar-refractivity contribution in [2.24, 2.45) is 5.92 Å². The summed E-state index contributed by atoms with van der Waals surface area (Å²) < 4.78 is 53.6. The molecular formula is C22H23F4N5O2. The van der Waals surface area contributed by atoms with Gasteiger partial charge < -0.3 is 15.7 Å². The summed E-state index contributed by atoms with van der Waals surface area (Å²) in [6.07, 6.45) is -1.61. The number of H-pyrrole nitrogens is 1. The number of aromatic nitrogens is 3. The number of carbonyl (C=O) groups excluding carboxylic acids is 1. The fourth-order valence-electron chi connectivity index (χ4n) is 4.25. The van der Waals surface area contributed by atoms with Crippen LogP contribution in [0.25, 0.3) is 22.2 Å². The fourth-order valence-corrected chi connectivity index (χ4v) is 4.25. The number of hydrogen-bond donors (Lipinski definition) is 4. The molecule has 1 aliphatic carbocycles. The lowest BCUT2D eigenvalue weighted by atomic mass is 9.99. The predicted molar refractivity (Wildman–Crippen MR) is 115 cm³/mol. The van der Waals surface area contributed by atoms with Gasteiger partial charge in [0.2, 0.25) is 0 Å². The lowest BCUT2D eigenvalue weighted by molar-refractivity contribution is -0.127. The van der Waals surface area contributed by atoms with Gasteiger partial charge in [-0.15, -0.1) is 0 Å². The summed E-state index contributed by atoms with van der Waals surface area (Å²) >= 11 is 0.